The van der Waals surface area contributed by atoms with Gasteiger partial charge in [0.2, 0.25) is 0 Å². The quantitative estimate of drug-likeness (QED) is 0.565. The van der Waals surface area contributed by atoms with Gasteiger partial charge in [0, 0.05) is 24.6 Å². The van der Waals surface area contributed by atoms with Gasteiger partial charge in [-0.15, -0.1) is 0 Å². The summed E-state index contributed by atoms with van der Waals surface area (Å²) in [7, 11) is 0. The summed E-state index contributed by atoms with van der Waals surface area (Å²) >= 11 is 0. The Morgan fingerprint density at radius 1 is 1.16 bits per heavy atom. The Balaban J connectivity index is 1.53. The number of nitrogens with one attached hydrogen (secondary N) is 1. The third kappa shape index (κ3) is 4.52. The maximum atomic E-state index is 13.4. The second-order valence-corrected chi connectivity index (χ2v) is 8.04. The lowest BCUT2D eigenvalue weighted by Crippen LogP contribution is -2.38. The highest BCUT2D eigenvalue weighted by molar-refractivity contribution is 5.62. The highest BCUT2D eigenvalue weighted by Gasteiger charge is 2.34. The van der Waals surface area contributed by atoms with E-state index in [4.69, 9.17) is 4.74 Å². The van der Waals surface area contributed by atoms with E-state index in [1.54, 1.807) is 24.4 Å². The first-order valence-corrected chi connectivity index (χ1v) is 10.8. The molecular weight excluding hydrogens is 407 g/mol. The molecule has 2 heterocycles. The van der Waals surface area contributed by atoms with E-state index in [9.17, 15) is 14.3 Å². The van der Waals surface area contributed by atoms with Crippen LogP contribution in [0.2, 0.25) is 0 Å². The normalized spacial score (nSPS) is 19.2. The average molecular weight is 435 g/mol. The maximum absolute atomic E-state index is 13.4. The van der Waals surface area contributed by atoms with Crippen molar-refractivity contribution in [2.24, 2.45) is 0 Å². The molecule has 0 radical (unpaired) electrons. The molecule has 5 nitrogen and oxygen atoms in total. The fraction of sp³-hybridized carbons (Fsp3) is 0.269. The number of hydrogen-bond donors (Lipinski definition) is 2. The van der Waals surface area contributed by atoms with Crippen molar-refractivity contribution in [3.63, 3.8) is 0 Å². The second-order valence-electron chi connectivity index (χ2n) is 8.04. The number of aromatic nitrogens is 1. The van der Waals surface area contributed by atoms with E-state index < -0.39 is 5.60 Å². The molecule has 2 aromatic carbocycles. The van der Waals surface area contributed by atoms with Gasteiger partial charge < -0.3 is 19.7 Å². The maximum Gasteiger partial charge on any atom is 0.255 e. The first-order chi connectivity index (χ1) is 15.5. The SMILES string of the molecule is C[C@@H](c1ccc(-c2ccc[nH]c2=O)cc1)N1C=C[C@](CCCO)(c2ccc(F)cc2)OC1. The van der Waals surface area contributed by atoms with Gasteiger partial charge in [-0.1, -0.05) is 36.4 Å². The highest BCUT2D eigenvalue weighted by Crippen LogP contribution is 2.37. The minimum Gasteiger partial charge on any atom is -0.396 e. The fourth-order valence-electron chi connectivity index (χ4n) is 4.07. The molecule has 1 aromatic heterocycles. The highest BCUT2D eigenvalue weighted by atomic mass is 19.1. The van der Waals surface area contributed by atoms with Gasteiger partial charge in [0.1, 0.15) is 18.1 Å². The molecule has 3 aromatic rings. The van der Waals surface area contributed by atoms with Crippen molar-refractivity contribution < 1.29 is 14.2 Å². The molecule has 0 bridgehead atoms. The molecule has 0 unspecified atom stereocenters. The number of H-pyrrole nitrogens is 1. The first kappa shape index (κ1) is 22.0. The van der Waals surface area contributed by atoms with Gasteiger partial charge in [-0.05, 0) is 66.8 Å². The topological polar surface area (TPSA) is 65.6 Å². The number of aliphatic hydroxyl groups excluding tert-OH is 1. The summed E-state index contributed by atoms with van der Waals surface area (Å²) in [6, 6.07) is 18.0. The van der Waals surface area contributed by atoms with Gasteiger partial charge in [0.05, 0.1) is 6.04 Å². The van der Waals surface area contributed by atoms with E-state index >= 15 is 0 Å². The summed E-state index contributed by atoms with van der Waals surface area (Å²) in [4.78, 5) is 16.8. The number of rotatable bonds is 7. The van der Waals surface area contributed by atoms with Crippen LogP contribution in [-0.2, 0) is 10.3 Å². The third-order valence-electron chi connectivity index (χ3n) is 6.07. The van der Waals surface area contributed by atoms with Gasteiger partial charge in [-0.3, -0.25) is 4.79 Å². The molecule has 1 aliphatic rings. The van der Waals surface area contributed by atoms with Crippen molar-refractivity contribution in [1.29, 1.82) is 0 Å². The number of halogens is 1. The van der Waals surface area contributed by atoms with E-state index in [2.05, 4.69) is 16.8 Å². The lowest BCUT2D eigenvalue weighted by molar-refractivity contribution is -0.0887. The minimum absolute atomic E-state index is 0.0541. The summed E-state index contributed by atoms with van der Waals surface area (Å²) in [6.07, 6.45) is 6.82. The summed E-state index contributed by atoms with van der Waals surface area (Å²) < 4.78 is 19.7. The summed E-state index contributed by atoms with van der Waals surface area (Å²) in [6.45, 7) is 2.52. The number of benzene rings is 2. The van der Waals surface area contributed by atoms with E-state index in [0.29, 0.717) is 25.1 Å². The number of aliphatic hydroxyl groups is 1. The standard InChI is InChI=1S/C26H27FN2O3/c1-19(20-5-7-21(8-6-20)24-4-2-15-28-25(24)31)29-16-14-26(32-18-29,13-3-17-30)22-9-11-23(27)12-10-22/h2,4-12,14-16,19,30H,3,13,17-18H2,1H3,(H,28,31)/t19-,26+/m0/s1. The van der Waals surface area contributed by atoms with Crippen LogP contribution in [0.15, 0.2) is 83.9 Å². The smallest absolute Gasteiger partial charge is 0.255 e. The van der Waals surface area contributed by atoms with Crippen molar-refractivity contribution in [3.8, 4) is 11.1 Å². The van der Waals surface area contributed by atoms with Crippen molar-refractivity contribution in [1.82, 2.24) is 9.88 Å². The van der Waals surface area contributed by atoms with Gasteiger partial charge in [0.25, 0.3) is 5.56 Å². The van der Waals surface area contributed by atoms with Gasteiger partial charge in [-0.2, -0.15) is 0 Å². The van der Waals surface area contributed by atoms with Crippen molar-refractivity contribution in [2.75, 3.05) is 13.3 Å². The second kappa shape index (κ2) is 9.51. The van der Waals surface area contributed by atoms with Gasteiger partial charge in [0.15, 0.2) is 0 Å². The van der Waals surface area contributed by atoms with Crippen LogP contribution in [0.1, 0.15) is 36.9 Å². The monoisotopic (exact) mass is 434 g/mol. The van der Waals surface area contributed by atoms with E-state index in [1.807, 2.05) is 42.6 Å². The molecule has 1 aliphatic heterocycles. The van der Waals surface area contributed by atoms with Crippen LogP contribution in [-0.4, -0.2) is 28.3 Å². The Kier molecular flexibility index (Phi) is 6.53. The molecule has 0 spiro atoms. The molecule has 0 saturated heterocycles. The zero-order chi connectivity index (χ0) is 22.6. The van der Waals surface area contributed by atoms with Crippen LogP contribution < -0.4 is 5.56 Å². The van der Waals surface area contributed by atoms with Gasteiger partial charge in [-0.25, -0.2) is 4.39 Å². The number of nitrogens with zero attached hydrogens (tertiary/aromatic N) is 1. The van der Waals surface area contributed by atoms with Crippen molar-refractivity contribution >= 4 is 0 Å². The summed E-state index contributed by atoms with van der Waals surface area (Å²) in [5.74, 6) is -0.290. The number of aromatic amines is 1. The molecule has 32 heavy (non-hydrogen) atoms. The fourth-order valence-corrected chi connectivity index (χ4v) is 4.07. The molecule has 0 saturated carbocycles. The predicted molar refractivity (Wildman–Crippen MR) is 122 cm³/mol. The van der Waals surface area contributed by atoms with E-state index in [0.717, 1.165) is 16.7 Å². The zero-order valence-electron chi connectivity index (χ0n) is 18.0. The molecule has 2 atom stereocenters. The van der Waals surface area contributed by atoms with Crippen LogP contribution in [0.3, 0.4) is 0 Å². The van der Waals surface area contributed by atoms with Crippen LogP contribution in [0.5, 0.6) is 0 Å². The molecule has 6 heteroatoms. The van der Waals surface area contributed by atoms with Crippen molar-refractivity contribution in [2.45, 2.75) is 31.4 Å². The van der Waals surface area contributed by atoms with Crippen molar-refractivity contribution in [3.05, 3.63) is 106 Å². The Bertz CT molecular complexity index is 1120. The largest absolute Gasteiger partial charge is 0.396 e. The average Bonchev–Trinajstić information content (AvgIpc) is 2.83. The Labute approximate surface area is 186 Å². The zero-order valence-corrected chi connectivity index (χ0v) is 18.0. The number of hydrogen-bond acceptors (Lipinski definition) is 4. The minimum atomic E-state index is -0.690. The Morgan fingerprint density at radius 3 is 2.53 bits per heavy atom. The molecule has 4 rings (SSSR count). The van der Waals surface area contributed by atoms with E-state index in [-0.39, 0.29) is 24.0 Å². The molecule has 166 valence electrons. The summed E-state index contributed by atoms with van der Waals surface area (Å²) in [5, 5.41) is 9.34. The molecule has 0 amide bonds. The van der Waals surface area contributed by atoms with Crippen LogP contribution in [0.25, 0.3) is 11.1 Å². The van der Waals surface area contributed by atoms with Crippen LogP contribution in [0.4, 0.5) is 4.39 Å². The van der Waals surface area contributed by atoms with Crippen LogP contribution >= 0.6 is 0 Å². The lowest BCUT2D eigenvalue weighted by Gasteiger charge is -2.40. The van der Waals surface area contributed by atoms with E-state index in [1.165, 1.54) is 12.1 Å². The molecule has 2 N–H and O–H groups in total. The Morgan fingerprint density at radius 2 is 1.91 bits per heavy atom. The molecule has 0 fully saturated rings. The molecule has 0 aliphatic carbocycles. The van der Waals surface area contributed by atoms with Crippen LogP contribution in [0, 0.1) is 5.82 Å². The molecular formula is C26H27FN2O3. The number of pyridine rings is 1. The summed E-state index contributed by atoms with van der Waals surface area (Å²) in [5.41, 5.74) is 2.67. The Hall–Kier alpha value is -3.22. The third-order valence-corrected chi connectivity index (χ3v) is 6.07. The predicted octanol–water partition coefficient (Wildman–Crippen LogP) is 4.71. The lowest BCUT2D eigenvalue weighted by atomic mass is 9.88. The first-order valence-electron chi connectivity index (χ1n) is 10.8. The van der Waals surface area contributed by atoms with Gasteiger partial charge >= 0.3 is 0 Å². The number of ether oxygens (including phenoxy) is 1.